The number of aromatic nitrogens is 4. The van der Waals surface area contributed by atoms with Crippen molar-refractivity contribution < 1.29 is 4.92 Å². The fraction of sp³-hybridized carbons (Fsp3) is 0.400. The third-order valence-corrected chi connectivity index (χ3v) is 3.25. The summed E-state index contributed by atoms with van der Waals surface area (Å²) in [7, 11) is 1.68. The number of hydrogen-bond donors (Lipinski definition) is 2. The van der Waals surface area contributed by atoms with Crippen LogP contribution in [0.3, 0.4) is 0 Å². The number of nitrogens with zero attached hydrogens (tertiary/aromatic N) is 3. The molecule has 0 fully saturated rings. The van der Waals surface area contributed by atoms with E-state index in [-0.39, 0.29) is 10.7 Å². The van der Waals surface area contributed by atoms with Crippen LogP contribution in [0.15, 0.2) is 11.1 Å². The molecule has 0 aliphatic carbocycles. The Morgan fingerprint density at radius 1 is 1.58 bits per heavy atom. The highest BCUT2D eigenvalue weighted by Crippen LogP contribution is 2.28. The molecule has 2 N–H and O–H groups in total. The van der Waals surface area contributed by atoms with Crippen molar-refractivity contribution >= 4 is 11.6 Å². The molecule has 2 heterocycles. The Hall–Kier alpha value is -2.09. The van der Waals surface area contributed by atoms with Gasteiger partial charge in [-0.25, -0.2) is 4.98 Å². The normalized spacial score (nSPS) is 12.6. The lowest BCUT2D eigenvalue weighted by molar-refractivity contribution is -0.482. The molecule has 0 aliphatic rings. The van der Waals surface area contributed by atoms with Gasteiger partial charge in [-0.2, -0.15) is 0 Å². The third-order valence-electron chi connectivity index (χ3n) is 2.96. The zero-order valence-corrected chi connectivity index (χ0v) is 11.1. The fourth-order valence-corrected chi connectivity index (χ4v) is 2.45. The molecule has 102 valence electrons. The molecular formula is C10H12ClN5O3. The van der Waals surface area contributed by atoms with E-state index in [1.165, 1.54) is 6.33 Å². The fourth-order valence-electron chi connectivity index (χ4n) is 2.14. The second-order valence-corrected chi connectivity index (χ2v) is 4.58. The van der Waals surface area contributed by atoms with Gasteiger partial charge in [0.15, 0.2) is 5.15 Å². The van der Waals surface area contributed by atoms with Crippen LogP contribution < -0.4 is 5.56 Å². The first-order valence-electron chi connectivity index (χ1n) is 5.47. The molecule has 2 aromatic heterocycles. The molecule has 0 saturated heterocycles. The van der Waals surface area contributed by atoms with Gasteiger partial charge in [0.1, 0.15) is 0 Å². The van der Waals surface area contributed by atoms with Crippen molar-refractivity contribution in [3.63, 3.8) is 0 Å². The smallest absolute Gasteiger partial charge is 0.268 e. The average Bonchev–Trinajstić information content (AvgIpc) is 2.81. The molecule has 0 amide bonds. The van der Waals surface area contributed by atoms with Gasteiger partial charge < -0.3 is 9.67 Å². The maximum absolute atomic E-state index is 11.8. The van der Waals surface area contributed by atoms with E-state index in [0.717, 1.165) is 0 Å². The number of hydrogen-bond acceptors (Lipinski definition) is 4. The highest BCUT2D eigenvalue weighted by atomic mass is 35.5. The maximum atomic E-state index is 11.8. The molecule has 19 heavy (non-hydrogen) atoms. The van der Waals surface area contributed by atoms with Gasteiger partial charge in [-0.1, -0.05) is 11.6 Å². The summed E-state index contributed by atoms with van der Waals surface area (Å²) in [5.74, 6) is -0.745. The number of nitrogens with one attached hydrogen (secondary N) is 2. The van der Waals surface area contributed by atoms with Gasteiger partial charge in [-0.3, -0.25) is 20.0 Å². The highest BCUT2D eigenvalue weighted by Gasteiger charge is 2.30. The Morgan fingerprint density at radius 3 is 2.68 bits per heavy atom. The molecule has 0 aromatic carbocycles. The van der Waals surface area contributed by atoms with Crippen molar-refractivity contribution in [2.75, 3.05) is 6.54 Å². The number of aromatic amines is 2. The average molecular weight is 286 g/mol. The Labute approximate surface area is 112 Å². The molecule has 1 unspecified atom stereocenters. The molecule has 2 rings (SSSR count). The van der Waals surface area contributed by atoms with Crippen LogP contribution in [0.4, 0.5) is 0 Å². The van der Waals surface area contributed by atoms with Crippen molar-refractivity contribution in [1.82, 2.24) is 19.7 Å². The van der Waals surface area contributed by atoms with Gasteiger partial charge in [0.25, 0.3) is 5.56 Å². The lowest BCUT2D eigenvalue weighted by Crippen LogP contribution is -2.22. The summed E-state index contributed by atoms with van der Waals surface area (Å²) >= 11 is 5.97. The third kappa shape index (κ3) is 2.39. The lowest BCUT2D eigenvalue weighted by atomic mass is 9.96. The molecule has 0 aliphatic heterocycles. The Morgan fingerprint density at radius 2 is 2.26 bits per heavy atom. The molecule has 0 radical (unpaired) electrons. The minimum Gasteiger partial charge on any atom is -0.336 e. The summed E-state index contributed by atoms with van der Waals surface area (Å²) in [6, 6.07) is 0. The van der Waals surface area contributed by atoms with E-state index >= 15 is 0 Å². The standard InChI is InChI=1S/C10H12ClN5O3/c1-5-7(10(17)14-13-5)6(3-16(18)19)8-9(11)12-4-15(8)2/h4,6H,3H2,1-2H3,(H2,13,14,17). The van der Waals surface area contributed by atoms with Gasteiger partial charge in [0, 0.05) is 17.7 Å². The summed E-state index contributed by atoms with van der Waals surface area (Å²) in [5, 5.41) is 16.1. The molecule has 9 heteroatoms. The molecule has 0 saturated carbocycles. The van der Waals surface area contributed by atoms with Crippen LogP contribution in [-0.2, 0) is 7.05 Å². The van der Waals surface area contributed by atoms with Crippen molar-refractivity contribution in [2.45, 2.75) is 12.8 Å². The molecule has 0 bridgehead atoms. The molecule has 0 spiro atoms. The summed E-state index contributed by atoms with van der Waals surface area (Å²) in [5.41, 5.74) is 0.921. The topological polar surface area (TPSA) is 110 Å². The van der Waals surface area contributed by atoms with Crippen molar-refractivity contribution in [3.05, 3.63) is 48.9 Å². The minimum atomic E-state index is -0.745. The first-order chi connectivity index (χ1) is 8.91. The SMILES string of the molecule is Cc1[nH][nH]c(=O)c1C(C[N+](=O)[O-])c1c(Cl)ncn1C. The van der Waals surface area contributed by atoms with Crippen LogP contribution in [0.2, 0.25) is 5.15 Å². The van der Waals surface area contributed by atoms with Crippen LogP contribution in [0.5, 0.6) is 0 Å². The second-order valence-electron chi connectivity index (χ2n) is 4.22. The van der Waals surface area contributed by atoms with E-state index in [1.54, 1.807) is 18.5 Å². The van der Waals surface area contributed by atoms with Crippen molar-refractivity contribution in [3.8, 4) is 0 Å². The van der Waals surface area contributed by atoms with Crippen LogP contribution in [0, 0.1) is 17.0 Å². The largest absolute Gasteiger partial charge is 0.336 e. The summed E-state index contributed by atoms with van der Waals surface area (Å²) < 4.78 is 1.59. The van der Waals surface area contributed by atoms with Crippen molar-refractivity contribution in [2.24, 2.45) is 7.05 Å². The molecule has 1 atom stereocenters. The predicted octanol–water partition coefficient (Wildman–Crippen LogP) is 0.807. The quantitative estimate of drug-likeness (QED) is 0.639. The maximum Gasteiger partial charge on any atom is 0.268 e. The van der Waals surface area contributed by atoms with Gasteiger partial charge in [-0.15, -0.1) is 0 Å². The highest BCUT2D eigenvalue weighted by molar-refractivity contribution is 6.30. The number of imidazole rings is 1. The number of rotatable bonds is 4. The number of halogens is 1. The van der Waals surface area contributed by atoms with E-state index in [4.69, 9.17) is 11.6 Å². The van der Waals surface area contributed by atoms with E-state index in [2.05, 4.69) is 15.2 Å². The molecule has 2 aromatic rings. The van der Waals surface area contributed by atoms with Crippen LogP contribution in [0.1, 0.15) is 22.9 Å². The molecular weight excluding hydrogens is 274 g/mol. The number of nitro groups is 1. The van der Waals surface area contributed by atoms with E-state index in [1.807, 2.05) is 0 Å². The number of H-pyrrole nitrogens is 2. The van der Waals surface area contributed by atoms with Gasteiger partial charge >= 0.3 is 0 Å². The Kier molecular flexibility index (Phi) is 3.43. The zero-order valence-electron chi connectivity index (χ0n) is 10.3. The van der Waals surface area contributed by atoms with Crippen LogP contribution in [0.25, 0.3) is 0 Å². The first-order valence-corrected chi connectivity index (χ1v) is 5.85. The second kappa shape index (κ2) is 4.88. The van der Waals surface area contributed by atoms with Gasteiger partial charge in [-0.05, 0) is 6.92 Å². The van der Waals surface area contributed by atoms with Crippen LogP contribution >= 0.6 is 11.6 Å². The summed E-state index contributed by atoms with van der Waals surface area (Å²) in [4.78, 5) is 26.1. The lowest BCUT2D eigenvalue weighted by Gasteiger charge is -2.13. The van der Waals surface area contributed by atoms with Gasteiger partial charge in [0.05, 0.1) is 23.5 Å². The summed E-state index contributed by atoms with van der Waals surface area (Å²) in [6.07, 6.45) is 1.46. The summed E-state index contributed by atoms with van der Waals surface area (Å²) in [6.45, 7) is 1.24. The van der Waals surface area contributed by atoms with E-state index < -0.39 is 17.4 Å². The Bertz CT molecular complexity index is 652. The monoisotopic (exact) mass is 285 g/mol. The van der Waals surface area contributed by atoms with E-state index in [0.29, 0.717) is 17.0 Å². The Balaban J connectivity index is 2.61. The van der Waals surface area contributed by atoms with Crippen molar-refractivity contribution in [1.29, 1.82) is 0 Å². The predicted molar refractivity (Wildman–Crippen MR) is 68.1 cm³/mol. The van der Waals surface area contributed by atoms with Gasteiger partial charge in [0.2, 0.25) is 6.54 Å². The van der Waals surface area contributed by atoms with E-state index in [9.17, 15) is 14.9 Å². The first kappa shape index (κ1) is 13.3. The molecule has 8 nitrogen and oxygen atoms in total. The minimum absolute atomic E-state index is 0.161. The zero-order chi connectivity index (χ0) is 14.2. The number of aryl methyl sites for hydroxylation is 2. The van der Waals surface area contributed by atoms with Crippen LogP contribution in [-0.4, -0.2) is 31.2 Å².